The summed E-state index contributed by atoms with van der Waals surface area (Å²) < 4.78 is 0. The highest BCUT2D eigenvalue weighted by Crippen LogP contribution is 2.20. The summed E-state index contributed by atoms with van der Waals surface area (Å²) >= 11 is 0. The van der Waals surface area contributed by atoms with E-state index in [1.165, 1.54) is 19.4 Å². The molecule has 2 aromatic heterocycles. The summed E-state index contributed by atoms with van der Waals surface area (Å²) in [6.07, 6.45) is 4.30. The number of hydrogen-bond acceptors (Lipinski definition) is 12. The van der Waals surface area contributed by atoms with Crippen molar-refractivity contribution in [2.45, 2.75) is 126 Å². The minimum absolute atomic E-state index is 0.00890. The van der Waals surface area contributed by atoms with Gasteiger partial charge in [0.2, 0.25) is 59.1 Å². The van der Waals surface area contributed by atoms with Gasteiger partial charge in [0, 0.05) is 87.7 Å². The Labute approximate surface area is 479 Å². The molecule has 1 fully saturated rings. The number of aromatic nitrogens is 3. The molecule has 1 saturated heterocycles. The molecule has 3 aromatic carbocycles. The van der Waals surface area contributed by atoms with E-state index in [0.29, 0.717) is 35.2 Å². The van der Waals surface area contributed by atoms with E-state index in [1.54, 1.807) is 66.9 Å². The first kappa shape index (κ1) is 62.6. The van der Waals surface area contributed by atoms with Gasteiger partial charge in [0.25, 0.3) is 0 Å². The van der Waals surface area contributed by atoms with Crippen molar-refractivity contribution in [2.75, 3.05) is 19.6 Å². The number of aliphatic imine (C=N–C) groups is 1. The molecule has 10 amide bonds. The van der Waals surface area contributed by atoms with Gasteiger partial charge in [-0.1, -0.05) is 78.9 Å². The number of nitrogens with one attached hydrogen (secondary N) is 11. The SMILES string of the molecule is CC(=O)N[C@@H](Cc1ccccc1)C(=O)N[C@H]1CC(=O)NCCCC[C@@H](C(N)=O)NC(=O)CCCNC(=O)[C@H](Cc2c[nH]c3ccccc23)NC(=O)[C@H](CCCN=C(N)N)NC(=O)[C@@H](Cc2ccccc2)NC(=O)[C@H](Cc2cnc[nH]2)NC1=O. The highest BCUT2D eigenvalue weighted by atomic mass is 16.2. The maximum Gasteiger partial charge on any atom is 0.243 e. The molecule has 0 radical (unpaired) electrons. The Hall–Kier alpha value is -9.62. The standard InChI is InChI=1S/C57H74N16O10/c1-34(74)67-43(26-35-14-4-2-5-15-35)53(80)73-47-30-49(76)62-23-11-10-20-41(50(58)77)68-48(75)22-13-24-63-51(78)45(28-37-31-65-40-19-9-8-18-39(37)40)71-52(79)42(21-12-25-64-57(59)60)69-54(81)44(27-36-16-6-3-7-17-36)70-55(82)46(72-56(47)83)29-38-32-61-33-66-38/h2-9,14-19,31-33,41-47,65H,10-13,20-30H2,1H3,(H2,58,77)(H,61,66)(H,62,76)(H,63,78)(H,67,74)(H,68,75)(H,69,81)(H,70,82)(H,71,79)(H,72,83)(H,73,80)(H4,59,60,64)/t41-,42-,43-,44+,45-,46-,47-/m0/s1. The zero-order valence-corrected chi connectivity index (χ0v) is 46.2. The van der Waals surface area contributed by atoms with Gasteiger partial charge in [-0.15, -0.1) is 0 Å². The predicted molar refractivity (Wildman–Crippen MR) is 307 cm³/mol. The molecule has 0 spiro atoms. The minimum Gasteiger partial charge on any atom is -0.370 e. The molecule has 3 heterocycles. The van der Waals surface area contributed by atoms with Crippen LogP contribution in [0.15, 0.2) is 109 Å². The summed E-state index contributed by atoms with van der Waals surface area (Å²) in [6.45, 7) is 1.30. The molecule has 0 unspecified atom stereocenters. The number of fused-ring (bicyclic) bond motifs is 1. The van der Waals surface area contributed by atoms with Crippen LogP contribution in [0, 0.1) is 0 Å². The van der Waals surface area contributed by atoms with Crippen molar-refractivity contribution >= 4 is 75.9 Å². The number of nitrogens with two attached hydrogens (primary N) is 3. The minimum atomic E-state index is -1.66. The third kappa shape index (κ3) is 20.8. The summed E-state index contributed by atoms with van der Waals surface area (Å²) in [5, 5.41) is 25.2. The highest BCUT2D eigenvalue weighted by Gasteiger charge is 2.35. The zero-order chi connectivity index (χ0) is 59.7. The van der Waals surface area contributed by atoms with Gasteiger partial charge in [0.15, 0.2) is 5.96 Å². The number of amides is 10. The molecule has 1 aliphatic rings. The van der Waals surface area contributed by atoms with E-state index in [2.05, 4.69) is 67.8 Å². The average Bonchev–Trinajstić information content (AvgIpc) is 4.17. The smallest absolute Gasteiger partial charge is 0.243 e. The summed E-state index contributed by atoms with van der Waals surface area (Å²) in [5.74, 6) is -7.67. The van der Waals surface area contributed by atoms with Gasteiger partial charge in [-0.05, 0) is 61.3 Å². The Kier molecular flexibility index (Phi) is 24.1. The fourth-order valence-electron chi connectivity index (χ4n) is 9.36. The van der Waals surface area contributed by atoms with E-state index in [4.69, 9.17) is 17.2 Å². The van der Waals surface area contributed by atoms with Crippen LogP contribution in [0.1, 0.15) is 80.7 Å². The lowest BCUT2D eigenvalue weighted by atomic mass is 10.0. The number of rotatable bonds is 16. The molecular formula is C57H74N16O10. The molecule has 26 heteroatoms. The Bertz CT molecular complexity index is 3040. The van der Waals surface area contributed by atoms with E-state index in [1.807, 2.05) is 24.3 Å². The lowest BCUT2D eigenvalue weighted by Crippen LogP contribution is -2.61. The summed E-state index contributed by atoms with van der Waals surface area (Å²) in [4.78, 5) is 153. The lowest BCUT2D eigenvalue weighted by molar-refractivity contribution is -0.136. The van der Waals surface area contributed by atoms with Crippen LogP contribution in [0.2, 0.25) is 0 Å². The van der Waals surface area contributed by atoms with Crippen molar-refractivity contribution in [3.05, 3.63) is 126 Å². The largest absolute Gasteiger partial charge is 0.370 e. The molecule has 1 aliphatic heterocycles. The van der Waals surface area contributed by atoms with E-state index < -0.39 is 108 Å². The number of aromatic amines is 2. The van der Waals surface area contributed by atoms with Crippen LogP contribution in [0.3, 0.4) is 0 Å². The van der Waals surface area contributed by atoms with Crippen molar-refractivity contribution in [1.29, 1.82) is 0 Å². The number of hydrogen-bond donors (Lipinski definition) is 14. The van der Waals surface area contributed by atoms with Crippen LogP contribution in [0.25, 0.3) is 10.9 Å². The summed E-state index contributed by atoms with van der Waals surface area (Å²) in [7, 11) is 0. The fourth-order valence-corrected chi connectivity index (χ4v) is 9.36. The third-order valence-electron chi connectivity index (χ3n) is 13.6. The van der Waals surface area contributed by atoms with E-state index in [0.717, 1.165) is 10.9 Å². The highest BCUT2D eigenvalue weighted by molar-refractivity contribution is 5.99. The van der Waals surface area contributed by atoms with E-state index >= 15 is 0 Å². The Morgan fingerprint density at radius 2 is 1.29 bits per heavy atom. The first-order chi connectivity index (χ1) is 39.9. The maximum atomic E-state index is 14.8. The number of benzene rings is 3. The van der Waals surface area contributed by atoms with Gasteiger partial charge in [0.05, 0.1) is 12.7 Å². The predicted octanol–water partition coefficient (Wildman–Crippen LogP) is -1.30. The Morgan fingerprint density at radius 3 is 1.96 bits per heavy atom. The van der Waals surface area contributed by atoms with Crippen LogP contribution in [-0.4, -0.2) is 142 Å². The van der Waals surface area contributed by atoms with Crippen LogP contribution < -0.4 is 65.1 Å². The Balaban J connectivity index is 1.35. The van der Waals surface area contributed by atoms with Gasteiger partial charge in [-0.3, -0.25) is 52.9 Å². The van der Waals surface area contributed by atoms with Crippen molar-refractivity contribution in [1.82, 2.24) is 62.8 Å². The lowest BCUT2D eigenvalue weighted by Gasteiger charge is -2.28. The monoisotopic (exact) mass is 1140 g/mol. The van der Waals surface area contributed by atoms with Crippen LogP contribution in [-0.2, 0) is 73.6 Å². The van der Waals surface area contributed by atoms with Gasteiger partial charge < -0.3 is 75.0 Å². The Morgan fingerprint density at radius 1 is 0.663 bits per heavy atom. The number of para-hydroxylation sites is 1. The number of carbonyl (C=O) groups excluding carboxylic acids is 10. The maximum absolute atomic E-state index is 14.8. The van der Waals surface area contributed by atoms with E-state index in [-0.39, 0.29) is 83.4 Å². The number of carbonyl (C=O) groups is 10. The van der Waals surface area contributed by atoms with Gasteiger partial charge in [0.1, 0.15) is 42.3 Å². The van der Waals surface area contributed by atoms with Crippen LogP contribution in [0.4, 0.5) is 0 Å². The molecule has 442 valence electrons. The number of imidazole rings is 1. The second-order valence-corrected chi connectivity index (χ2v) is 20.2. The van der Waals surface area contributed by atoms with Gasteiger partial charge in [-0.2, -0.15) is 0 Å². The van der Waals surface area contributed by atoms with Crippen molar-refractivity contribution in [2.24, 2.45) is 22.2 Å². The molecular weight excluding hydrogens is 1070 g/mol. The van der Waals surface area contributed by atoms with Gasteiger partial charge in [-0.25, -0.2) is 4.98 Å². The molecule has 26 nitrogen and oxygen atoms in total. The molecule has 0 saturated carbocycles. The molecule has 5 aromatic rings. The van der Waals surface area contributed by atoms with Crippen molar-refractivity contribution < 1.29 is 47.9 Å². The van der Waals surface area contributed by atoms with Crippen molar-refractivity contribution in [3.8, 4) is 0 Å². The van der Waals surface area contributed by atoms with Crippen LogP contribution in [0.5, 0.6) is 0 Å². The van der Waals surface area contributed by atoms with Crippen molar-refractivity contribution in [3.63, 3.8) is 0 Å². The molecule has 17 N–H and O–H groups in total. The molecule has 0 bridgehead atoms. The molecule has 7 atom stereocenters. The molecule has 6 rings (SSSR count). The molecule has 0 aliphatic carbocycles. The summed E-state index contributed by atoms with van der Waals surface area (Å²) in [6, 6.07) is 15.4. The normalized spacial score (nSPS) is 20.9. The summed E-state index contributed by atoms with van der Waals surface area (Å²) in [5.41, 5.74) is 20.0. The quantitative estimate of drug-likeness (QED) is 0.0311. The second-order valence-electron chi connectivity index (χ2n) is 20.2. The first-order valence-corrected chi connectivity index (χ1v) is 27.5. The topological polar surface area (TPSA) is 414 Å². The van der Waals surface area contributed by atoms with Crippen LogP contribution >= 0.6 is 0 Å². The zero-order valence-electron chi connectivity index (χ0n) is 46.2. The number of primary amides is 1. The fraction of sp³-hybridized carbons (Fsp3) is 0.404. The first-order valence-electron chi connectivity index (χ1n) is 27.5. The second kappa shape index (κ2) is 32.0. The molecule has 83 heavy (non-hydrogen) atoms. The van der Waals surface area contributed by atoms with Gasteiger partial charge >= 0.3 is 0 Å². The van der Waals surface area contributed by atoms with E-state index in [9.17, 15) is 47.9 Å². The third-order valence-corrected chi connectivity index (χ3v) is 13.6. The number of guanidine groups is 1. The number of H-pyrrole nitrogens is 2. The number of nitrogens with zero attached hydrogens (tertiary/aromatic N) is 2. The average molecular weight is 1140 g/mol.